The van der Waals surface area contributed by atoms with Crippen LogP contribution in [0, 0.1) is 10.1 Å². The summed E-state index contributed by atoms with van der Waals surface area (Å²) in [7, 11) is 0. The lowest BCUT2D eigenvalue weighted by atomic mass is 10.2. The molecule has 0 saturated heterocycles. The molecule has 0 atom stereocenters. The number of aryl methyl sites for hydroxylation is 1. The van der Waals surface area contributed by atoms with E-state index in [0.717, 1.165) is 24.9 Å². The van der Waals surface area contributed by atoms with Gasteiger partial charge >= 0.3 is 0 Å². The Hall–Kier alpha value is -1.43. The van der Waals surface area contributed by atoms with Crippen LogP contribution in [0.15, 0.2) is 22.9 Å². The van der Waals surface area contributed by atoms with E-state index in [1.807, 2.05) is 10.6 Å². The Labute approximate surface area is 107 Å². The minimum absolute atomic E-state index is 0.0541. The Morgan fingerprint density at radius 3 is 2.94 bits per heavy atom. The molecule has 0 fully saturated rings. The summed E-state index contributed by atoms with van der Waals surface area (Å²) in [5, 5.41) is 10.9. The van der Waals surface area contributed by atoms with Crippen molar-refractivity contribution >= 4 is 32.7 Å². The van der Waals surface area contributed by atoms with Gasteiger partial charge < -0.3 is 4.57 Å². The maximum absolute atomic E-state index is 10.9. The van der Waals surface area contributed by atoms with E-state index in [0.29, 0.717) is 10.3 Å². The third-order valence-corrected chi connectivity index (χ3v) is 3.25. The Kier molecular flexibility index (Phi) is 3.42. The minimum Gasteiger partial charge on any atom is -0.318 e. The van der Waals surface area contributed by atoms with Gasteiger partial charge in [0, 0.05) is 12.6 Å². The Balaban J connectivity index is 2.59. The van der Waals surface area contributed by atoms with Crippen molar-refractivity contribution in [3.05, 3.63) is 33.0 Å². The van der Waals surface area contributed by atoms with Gasteiger partial charge in [-0.3, -0.25) is 10.1 Å². The molecule has 0 spiro atoms. The second-order valence-corrected chi connectivity index (χ2v) is 4.50. The highest BCUT2D eigenvalue weighted by molar-refractivity contribution is 9.10. The molecule has 0 unspecified atom stereocenters. The van der Waals surface area contributed by atoms with Crippen molar-refractivity contribution < 1.29 is 4.92 Å². The van der Waals surface area contributed by atoms with Crippen LogP contribution in [-0.4, -0.2) is 14.5 Å². The molecular formula is C11H12BrN3O2. The highest BCUT2D eigenvalue weighted by Gasteiger charge is 2.17. The van der Waals surface area contributed by atoms with E-state index < -0.39 is 4.92 Å². The summed E-state index contributed by atoms with van der Waals surface area (Å²) in [6.45, 7) is 2.92. The maximum Gasteiger partial charge on any atom is 0.297 e. The van der Waals surface area contributed by atoms with Crippen molar-refractivity contribution in [2.24, 2.45) is 0 Å². The highest BCUT2D eigenvalue weighted by atomic mass is 79.9. The van der Waals surface area contributed by atoms with Gasteiger partial charge in [0.1, 0.15) is 0 Å². The van der Waals surface area contributed by atoms with Crippen molar-refractivity contribution in [1.82, 2.24) is 9.55 Å². The molecule has 2 rings (SSSR count). The van der Waals surface area contributed by atoms with Crippen LogP contribution in [0.25, 0.3) is 11.0 Å². The first kappa shape index (κ1) is 12.0. The fraction of sp³-hybridized carbons (Fsp3) is 0.364. The van der Waals surface area contributed by atoms with Gasteiger partial charge in [0.15, 0.2) is 10.3 Å². The summed E-state index contributed by atoms with van der Waals surface area (Å²) < 4.78 is 2.61. The molecule has 1 aromatic heterocycles. The first-order valence-electron chi connectivity index (χ1n) is 5.44. The SMILES string of the molecule is CCCCn1c(Br)nc2c([N+](=O)[O-])cccc21. The van der Waals surface area contributed by atoms with Gasteiger partial charge in [0.2, 0.25) is 0 Å². The summed E-state index contributed by atoms with van der Waals surface area (Å²) in [5.41, 5.74) is 1.30. The maximum atomic E-state index is 10.9. The number of fused-ring (bicyclic) bond motifs is 1. The standard InChI is InChI=1S/C11H12BrN3O2/c1-2-3-7-14-8-5-4-6-9(15(16)17)10(8)13-11(14)12/h4-6H,2-3,7H2,1H3. The number of nitro groups is 1. The van der Waals surface area contributed by atoms with Crippen LogP contribution in [-0.2, 0) is 6.54 Å². The topological polar surface area (TPSA) is 61.0 Å². The Bertz CT molecular complexity index is 565. The molecule has 0 saturated carbocycles. The first-order chi connectivity index (χ1) is 8.15. The monoisotopic (exact) mass is 297 g/mol. The molecule has 6 heteroatoms. The van der Waals surface area contributed by atoms with E-state index in [-0.39, 0.29) is 5.69 Å². The largest absolute Gasteiger partial charge is 0.318 e. The first-order valence-corrected chi connectivity index (χ1v) is 6.23. The number of imidazole rings is 1. The molecule has 90 valence electrons. The van der Waals surface area contributed by atoms with E-state index >= 15 is 0 Å². The van der Waals surface area contributed by atoms with Gasteiger partial charge in [0.05, 0.1) is 10.4 Å². The summed E-state index contributed by atoms with van der Waals surface area (Å²) in [5.74, 6) is 0. The fourth-order valence-corrected chi connectivity index (χ4v) is 2.33. The average Bonchev–Trinajstić information content (AvgIpc) is 2.61. The van der Waals surface area contributed by atoms with Crippen LogP contribution in [0.4, 0.5) is 5.69 Å². The molecule has 0 amide bonds. The zero-order valence-electron chi connectivity index (χ0n) is 9.39. The number of nitro benzene ring substituents is 1. The van der Waals surface area contributed by atoms with Crippen LogP contribution in [0.1, 0.15) is 19.8 Å². The summed E-state index contributed by atoms with van der Waals surface area (Å²) in [6, 6.07) is 5.03. The van der Waals surface area contributed by atoms with Crippen LogP contribution in [0.2, 0.25) is 0 Å². The summed E-state index contributed by atoms with van der Waals surface area (Å²) in [4.78, 5) is 14.7. The molecule has 0 bridgehead atoms. The minimum atomic E-state index is -0.397. The number of para-hydroxylation sites is 1. The molecule has 0 N–H and O–H groups in total. The summed E-state index contributed by atoms with van der Waals surface area (Å²) >= 11 is 3.35. The van der Waals surface area contributed by atoms with Crippen molar-refractivity contribution in [3.63, 3.8) is 0 Å². The van der Waals surface area contributed by atoms with Gasteiger partial charge in [-0.05, 0) is 28.4 Å². The molecule has 0 aliphatic rings. The second kappa shape index (κ2) is 4.83. The van der Waals surface area contributed by atoms with E-state index in [1.54, 1.807) is 6.07 Å². The third kappa shape index (κ3) is 2.17. The van der Waals surface area contributed by atoms with Gasteiger partial charge in [0.25, 0.3) is 5.69 Å². The van der Waals surface area contributed by atoms with E-state index in [1.165, 1.54) is 6.07 Å². The smallest absolute Gasteiger partial charge is 0.297 e. The molecule has 0 aliphatic carbocycles. The number of hydrogen-bond acceptors (Lipinski definition) is 3. The zero-order chi connectivity index (χ0) is 12.4. The summed E-state index contributed by atoms with van der Waals surface area (Å²) in [6.07, 6.45) is 2.09. The number of non-ortho nitro benzene ring substituents is 1. The van der Waals surface area contributed by atoms with E-state index in [9.17, 15) is 10.1 Å². The molecule has 1 aromatic carbocycles. The molecule has 1 heterocycles. The number of unbranched alkanes of at least 4 members (excludes halogenated alkanes) is 1. The quantitative estimate of drug-likeness (QED) is 0.641. The lowest BCUT2D eigenvalue weighted by Gasteiger charge is -2.03. The molecule has 17 heavy (non-hydrogen) atoms. The number of nitrogens with zero attached hydrogens (tertiary/aromatic N) is 3. The lowest BCUT2D eigenvalue weighted by Crippen LogP contribution is -1.97. The van der Waals surface area contributed by atoms with E-state index in [4.69, 9.17) is 0 Å². The van der Waals surface area contributed by atoms with Gasteiger partial charge in [-0.15, -0.1) is 0 Å². The number of aromatic nitrogens is 2. The van der Waals surface area contributed by atoms with Crippen LogP contribution in [0.3, 0.4) is 0 Å². The molecule has 0 radical (unpaired) electrons. The lowest BCUT2D eigenvalue weighted by molar-refractivity contribution is -0.383. The average molecular weight is 298 g/mol. The molecule has 5 nitrogen and oxygen atoms in total. The zero-order valence-corrected chi connectivity index (χ0v) is 11.0. The van der Waals surface area contributed by atoms with E-state index in [2.05, 4.69) is 27.8 Å². The van der Waals surface area contributed by atoms with Crippen molar-refractivity contribution in [2.75, 3.05) is 0 Å². The fourth-order valence-electron chi connectivity index (χ4n) is 1.78. The molecule has 0 aliphatic heterocycles. The van der Waals surface area contributed by atoms with Gasteiger partial charge in [-0.25, -0.2) is 4.98 Å². The predicted molar refractivity (Wildman–Crippen MR) is 69.0 cm³/mol. The molecular weight excluding hydrogens is 286 g/mol. The normalized spacial score (nSPS) is 10.9. The number of benzene rings is 1. The van der Waals surface area contributed by atoms with Crippen molar-refractivity contribution in [1.29, 1.82) is 0 Å². The van der Waals surface area contributed by atoms with Crippen molar-refractivity contribution in [2.45, 2.75) is 26.3 Å². The van der Waals surface area contributed by atoms with Crippen LogP contribution >= 0.6 is 15.9 Å². The van der Waals surface area contributed by atoms with Crippen molar-refractivity contribution in [3.8, 4) is 0 Å². The number of halogens is 1. The third-order valence-electron chi connectivity index (χ3n) is 2.64. The highest BCUT2D eigenvalue weighted by Crippen LogP contribution is 2.28. The molecule has 2 aromatic rings. The van der Waals surface area contributed by atoms with Gasteiger partial charge in [-0.1, -0.05) is 19.4 Å². The number of rotatable bonds is 4. The van der Waals surface area contributed by atoms with Gasteiger partial charge in [-0.2, -0.15) is 0 Å². The predicted octanol–water partition coefficient (Wildman–Crippen LogP) is 3.51. The Morgan fingerprint density at radius 2 is 2.29 bits per heavy atom. The van der Waals surface area contributed by atoms with Crippen LogP contribution < -0.4 is 0 Å². The number of hydrogen-bond donors (Lipinski definition) is 0. The van der Waals surface area contributed by atoms with Crippen LogP contribution in [0.5, 0.6) is 0 Å². The Morgan fingerprint density at radius 1 is 1.53 bits per heavy atom. The second-order valence-electron chi connectivity index (χ2n) is 3.79.